The van der Waals surface area contributed by atoms with Gasteiger partial charge in [0, 0.05) is 26.2 Å². The lowest BCUT2D eigenvalue weighted by Gasteiger charge is -2.35. The molecule has 2 amide bonds. The lowest BCUT2D eigenvalue weighted by atomic mass is 10.2. The van der Waals surface area contributed by atoms with Gasteiger partial charge < -0.3 is 19.6 Å². The minimum Gasteiger partial charge on any atom is -0.481 e. The quantitative estimate of drug-likeness (QED) is 0.812. The maximum atomic E-state index is 12.2. The van der Waals surface area contributed by atoms with Gasteiger partial charge in [0.2, 0.25) is 0 Å². The SMILES string of the molecule is CCN(CC(C)C(=O)O)C(=O)N1CCOC(C)C1. The van der Waals surface area contributed by atoms with Crippen LogP contribution in [0.4, 0.5) is 4.79 Å². The molecule has 1 N–H and O–H groups in total. The van der Waals surface area contributed by atoms with E-state index in [2.05, 4.69) is 0 Å². The van der Waals surface area contributed by atoms with E-state index in [0.29, 0.717) is 26.2 Å². The molecule has 6 nitrogen and oxygen atoms in total. The highest BCUT2D eigenvalue weighted by Gasteiger charge is 2.26. The molecule has 1 heterocycles. The fourth-order valence-electron chi connectivity index (χ4n) is 1.94. The molecule has 0 aromatic rings. The number of ether oxygens (including phenoxy) is 1. The van der Waals surface area contributed by atoms with E-state index in [1.807, 2.05) is 13.8 Å². The number of aliphatic carboxylic acids is 1. The first-order valence-electron chi connectivity index (χ1n) is 6.34. The van der Waals surface area contributed by atoms with E-state index in [9.17, 15) is 9.59 Å². The minimum atomic E-state index is -0.878. The van der Waals surface area contributed by atoms with Gasteiger partial charge in [-0.15, -0.1) is 0 Å². The second kappa shape index (κ2) is 6.58. The number of amides is 2. The Morgan fingerprint density at radius 2 is 2.22 bits per heavy atom. The summed E-state index contributed by atoms with van der Waals surface area (Å²) >= 11 is 0. The second-order valence-corrected chi connectivity index (χ2v) is 4.69. The average Bonchev–Trinajstić information content (AvgIpc) is 2.34. The Labute approximate surface area is 107 Å². The number of carbonyl (C=O) groups is 2. The molecule has 2 atom stereocenters. The molecule has 0 bridgehead atoms. The Kier molecular flexibility index (Phi) is 5.40. The number of urea groups is 1. The van der Waals surface area contributed by atoms with E-state index in [-0.39, 0.29) is 18.7 Å². The Balaban J connectivity index is 2.58. The van der Waals surface area contributed by atoms with E-state index >= 15 is 0 Å². The molecule has 0 radical (unpaired) electrons. The number of nitrogens with zero attached hydrogens (tertiary/aromatic N) is 2. The van der Waals surface area contributed by atoms with Crippen molar-refractivity contribution < 1.29 is 19.4 Å². The molecule has 6 heteroatoms. The van der Waals surface area contributed by atoms with Gasteiger partial charge in [-0.1, -0.05) is 6.92 Å². The Bertz CT molecular complexity index is 308. The summed E-state index contributed by atoms with van der Waals surface area (Å²) in [5.41, 5.74) is 0. The zero-order valence-corrected chi connectivity index (χ0v) is 11.3. The number of carboxylic acids is 1. The monoisotopic (exact) mass is 258 g/mol. The zero-order chi connectivity index (χ0) is 13.7. The van der Waals surface area contributed by atoms with Crippen molar-refractivity contribution in [2.24, 2.45) is 5.92 Å². The van der Waals surface area contributed by atoms with Crippen LogP contribution in [0, 0.1) is 5.92 Å². The predicted molar refractivity (Wildman–Crippen MR) is 66.4 cm³/mol. The molecule has 0 aromatic heterocycles. The van der Waals surface area contributed by atoms with E-state index in [4.69, 9.17) is 9.84 Å². The third kappa shape index (κ3) is 3.87. The standard InChI is InChI=1S/C12H22N2O4/c1-4-13(7-9(2)11(15)16)12(17)14-5-6-18-10(3)8-14/h9-10H,4-8H2,1-3H3,(H,15,16). The van der Waals surface area contributed by atoms with Crippen LogP contribution in [-0.4, -0.2) is 65.8 Å². The minimum absolute atomic E-state index is 0.0401. The molecule has 0 saturated carbocycles. The summed E-state index contributed by atoms with van der Waals surface area (Å²) in [6.45, 7) is 7.83. The Morgan fingerprint density at radius 1 is 1.56 bits per heavy atom. The van der Waals surface area contributed by atoms with Crippen LogP contribution in [0.3, 0.4) is 0 Å². The maximum Gasteiger partial charge on any atom is 0.320 e. The number of hydrogen-bond donors (Lipinski definition) is 1. The molecule has 1 rings (SSSR count). The summed E-state index contributed by atoms with van der Waals surface area (Å²) in [5, 5.41) is 8.89. The molecule has 1 aliphatic heterocycles. The summed E-state index contributed by atoms with van der Waals surface area (Å²) in [6.07, 6.45) is 0.0401. The first-order valence-corrected chi connectivity index (χ1v) is 6.34. The number of hydrogen-bond acceptors (Lipinski definition) is 3. The van der Waals surface area contributed by atoms with Crippen LogP contribution >= 0.6 is 0 Å². The van der Waals surface area contributed by atoms with Gasteiger partial charge in [0.1, 0.15) is 0 Å². The van der Waals surface area contributed by atoms with Crippen LogP contribution < -0.4 is 0 Å². The van der Waals surface area contributed by atoms with Gasteiger partial charge in [-0.25, -0.2) is 4.79 Å². The fourth-order valence-corrected chi connectivity index (χ4v) is 1.94. The molecule has 0 aromatic carbocycles. The summed E-state index contributed by atoms with van der Waals surface area (Å²) < 4.78 is 5.38. The highest BCUT2D eigenvalue weighted by molar-refractivity contribution is 5.76. The van der Waals surface area contributed by atoms with Crippen LogP contribution in [0.15, 0.2) is 0 Å². The summed E-state index contributed by atoms with van der Waals surface area (Å²) in [5.74, 6) is -1.43. The number of carbonyl (C=O) groups excluding carboxylic acids is 1. The van der Waals surface area contributed by atoms with Crippen molar-refractivity contribution in [2.45, 2.75) is 26.9 Å². The average molecular weight is 258 g/mol. The van der Waals surface area contributed by atoms with Crippen molar-refractivity contribution in [1.82, 2.24) is 9.80 Å². The first-order chi connectivity index (χ1) is 8.45. The van der Waals surface area contributed by atoms with Gasteiger partial charge in [-0.05, 0) is 13.8 Å². The third-order valence-corrected chi connectivity index (χ3v) is 3.08. The number of carboxylic acid groups (broad SMARTS) is 1. The largest absolute Gasteiger partial charge is 0.481 e. The maximum absolute atomic E-state index is 12.2. The van der Waals surface area contributed by atoms with Crippen LogP contribution in [0.1, 0.15) is 20.8 Å². The van der Waals surface area contributed by atoms with E-state index in [1.54, 1.807) is 16.7 Å². The molecule has 18 heavy (non-hydrogen) atoms. The number of morpholine rings is 1. The van der Waals surface area contributed by atoms with E-state index in [1.165, 1.54) is 0 Å². The predicted octanol–water partition coefficient (Wildman–Crippen LogP) is 0.870. The van der Waals surface area contributed by atoms with Crippen molar-refractivity contribution in [3.8, 4) is 0 Å². The Morgan fingerprint density at radius 3 is 2.72 bits per heavy atom. The lowest BCUT2D eigenvalue weighted by Crippen LogP contribution is -2.51. The molecular formula is C12H22N2O4. The fraction of sp³-hybridized carbons (Fsp3) is 0.833. The number of rotatable bonds is 4. The third-order valence-electron chi connectivity index (χ3n) is 3.08. The molecule has 0 spiro atoms. The zero-order valence-electron chi connectivity index (χ0n) is 11.3. The first kappa shape index (κ1) is 14.8. The van der Waals surface area contributed by atoms with Crippen LogP contribution in [0.5, 0.6) is 0 Å². The smallest absolute Gasteiger partial charge is 0.320 e. The summed E-state index contributed by atoms with van der Waals surface area (Å²) in [7, 11) is 0. The molecule has 1 saturated heterocycles. The lowest BCUT2D eigenvalue weighted by molar-refractivity contribution is -0.141. The van der Waals surface area contributed by atoms with Crippen LogP contribution in [-0.2, 0) is 9.53 Å². The molecule has 104 valence electrons. The van der Waals surface area contributed by atoms with E-state index in [0.717, 1.165) is 0 Å². The van der Waals surface area contributed by atoms with Crippen molar-refractivity contribution >= 4 is 12.0 Å². The molecular weight excluding hydrogens is 236 g/mol. The van der Waals surface area contributed by atoms with Gasteiger partial charge in [0.25, 0.3) is 0 Å². The van der Waals surface area contributed by atoms with Gasteiger partial charge >= 0.3 is 12.0 Å². The van der Waals surface area contributed by atoms with E-state index < -0.39 is 11.9 Å². The second-order valence-electron chi connectivity index (χ2n) is 4.69. The van der Waals surface area contributed by atoms with Gasteiger partial charge in [-0.2, -0.15) is 0 Å². The summed E-state index contributed by atoms with van der Waals surface area (Å²) in [6, 6.07) is -0.0965. The Hall–Kier alpha value is -1.30. The van der Waals surface area contributed by atoms with Gasteiger partial charge in [0.15, 0.2) is 0 Å². The van der Waals surface area contributed by atoms with Crippen molar-refractivity contribution in [3.63, 3.8) is 0 Å². The van der Waals surface area contributed by atoms with Gasteiger partial charge in [0.05, 0.1) is 18.6 Å². The van der Waals surface area contributed by atoms with Crippen LogP contribution in [0.25, 0.3) is 0 Å². The van der Waals surface area contributed by atoms with Gasteiger partial charge in [-0.3, -0.25) is 4.79 Å². The topological polar surface area (TPSA) is 70.1 Å². The van der Waals surface area contributed by atoms with Crippen molar-refractivity contribution in [2.75, 3.05) is 32.8 Å². The molecule has 1 fully saturated rings. The molecule has 0 aliphatic carbocycles. The molecule has 1 aliphatic rings. The highest BCUT2D eigenvalue weighted by atomic mass is 16.5. The highest BCUT2D eigenvalue weighted by Crippen LogP contribution is 2.10. The van der Waals surface area contributed by atoms with Crippen molar-refractivity contribution in [3.05, 3.63) is 0 Å². The summed E-state index contributed by atoms with van der Waals surface area (Å²) in [4.78, 5) is 26.4. The normalized spacial score (nSPS) is 21.5. The van der Waals surface area contributed by atoms with Crippen LogP contribution in [0.2, 0.25) is 0 Å². The molecule has 2 unspecified atom stereocenters. The van der Waals surface area contributed by atoms with Crippen molar-refractivity contribution in [1.29, 1.82) is 0 Å².